The third-order valence-corrected chi connectivity index (χ3v) is 4.25. The van der Waals surface area contributed by atoms with Crippen LogP contribution in [0.1, 0.15) is 47.0 Å². The topological polar surface area (TPSA) is 58.9 Å². The van der Waals surface area contributed by atoms with Crippen molar-refractivity contribution in [3.8, 4) is 0 Å². The Morgan fingerprint density at radius 3 is 2.74 bits per heavy atom. The number of nitrogens with zero attached hydrogens (tertiary/aromatic N) is 1. The van der Waals surface area contributed by atoms with Gasteiger partial charge in [-0.1, -0.05) is 6.92 Å². The van der Waals surface area contributed by atoms with E-state index >= 15 is 0 Å². The van der Waals surface area contributed by atoms with Crippen molar-refractivity contribution in [1.29, 1.82) is 0 Å². The number of ether oxygens (including phenoxy) is 1. The number of carboxylic acid groups (broad SMARTS) is 1. The van der Waals surface area contributed by atoms with Gasteiger partial charge in [-0.3, -0.25) is 4.99 Å². The van der Waals surface area contributed by atoms with E-state index in [9.17, 15) is 9.90 Å². The highest BCUT2D eigenvalue weighted by Crippen LogP contribution is 2.33. The van der Waals surface area contributed by atoms with Crippen LogP contribution in [-0.4, -0.2) is 35.0 Å². The van der Waals surface area contributed by atoms with Crippen LogP contribution >= 0.6 is 0 Å². The molecule has 1 unspecified atom stereocenters. The molecule has 0 amide bonds. The number of hydrogen-bond donors (Lipinski definition) is 1. The second-order valence-electron chi connectivity index (χ2n) is 6.34. The fourth-order valence-corrected chi connectivity index (χ4v) is 2.66. The molecular formula is C15H23NO3. The van der Waals surface area contributed by atoms with Crippen LogP contribution in [0.4, 0.5) is 0 Å². The monoisotopic (exact) mass is 265 g/mol. The van der Waals surface area contributed by atoms with Crippen LogP contribution in [0.25, 0.3) is 0 Å². The number of carbonyl (C=O) groups is 1. The van der Waals surface area contributed by atoms with Crippen LogP contribution in [0.5, 0.6) is 0 Å². The lowest BCUT2D eigenvalue weighted by molar-refractivity contribution is -0.129. The lowest BCUT2D eigenvalue weighted by Crippen LogP contribution is -2.24. The molecule has 4 heteroatoms. The van der Waals surface area contributed by atoms with Gasteiger partial charge >= 0.3 is 5.97 Å². The van der Waals surface area contributed by atoms with E-state index in [-0.39, 0.29) is 17.4 Å². The number of hydrogen-bond acceptors (Lipinski definition) is 3. The van der Waals surface area contributed by atoms with Gasteiger partial charge in [0.25, 0.3) is 0 Å². The van der Waals surface area contributed by atoms with Crippen LogP contribution in [-0.2, 0) is 9.53 Å². The van der Waals surface area contributed by atoms with Gasteiger partial charge in [0.2, 0.25) is 0 Å². The van der Waals surface area contributed by atoms with E-state index < -0.39 is 5.97 Å². The van der Waals surface area contributed by atoms with Crippen LogP contribution in [0.3, 0.4) is 0 Å². The minimum Gasteiger partial charge on any atom is -0.477 e. The molecule has 2 atom stereocenters. The fraction of sp³-hybridized carbons (Fsp3) is 0.733. The highest BCUT2D eigenvalue weighted by molar-refractivity contribution is 6.42. The highest BCUT2D eigenvalue weighted by atomic mass is 16.5. The maximum atomic E-state index is 11.5. The third-order valence-electron chi connectivity index (χ3n) is 4.25. The van der Waals surface area contributed by atoms with Crippen molar-refractivity contribution in [3.05, 3.63) is 11.1 Å². The number of aliphatic carboxylic acids is 1. The van der Waals surface area contributed by atoms with E-state index in [0.717, 1.165) is 30.4 Å². The summed E-state index contributed by atoms with van der Waals surface area (Å²) in [4.78, 5) is 15.9. The van der Waals surface area contributed by atoms with E-state index in [4.69, 9.17) is 4.74 Å². The Morgan fingerprint density at radius 1 is 1.42 bits per heavy atom. The standard InChI is InChI=1S/C15H23NO3/c1-9-7-11-8-19-15(3,4)6-5-12(11)13(14(17)18)16-10(9)2/h9-10H,5-8H2,1-4H3,(H,17,18)/t9-,10?/m1/s1. The van der Waals surface area contributed by atoms with Gasteiger partial charge in [0.1, 0.15) is 5.71 Å². The molecule has 0 spiro atoms. The minimum atomic E-state index is -0.909. The Kier molecular flexibility index (Phi) is 3.81. The van der Waals surface area contributed by atoms with Gasteiger partial charge in [-0.15, -0.1) is 0 Å². The summed E-state index contributed by atoms with van der Waals surface area (Å²) in [7, 11) is 0. The summed E-state index contributed by atoms with van der Waals surface area (Å²) >= 11 is 0. The minimum absolute atomic E-state index is 0.0473. The molecule has 19 heavy (non-hydrogen) atoms. The maximum Gasteiger partial charge on any atom is 0.354 e. The predicted molar refractivity (Wildman–Crippen MR) is 74.6 cm³/mol. The normalized spacial score (nSPS) is 31.1. The zero-order chi connectivity index (χ0) is 14.2. The molecule has 0 fully saturated rings. The van der Waals surface area contributed by atoms with E-state index in [1.165, 1.54) is 0 Å². The average Bonchev–Trinajstić information content (AvgIpc) is 2.52. The van der Waals surface area contributed by atoms with Crippen molar-refractivity contribution in [2.75, 3.05) is 6.61 Å². The zero-order valence-corrected chi connectivity index (χ0v) is 12.2. The lowest BCUT2D eigenvalue weighted by Gasteiger charge is -2.23. The summed E-state index contributed by atoms with van der Waals surface area (Å²) in [5, 5.41) is 9.42. The Labute approximate surface area is 114 Å². The van der Waals surface area contributed by atoms with Crippen LogP contribution < -0.4 is 0 Å². The van der Waals surface area contributed by atoms with Gasteiger partial charge in [-0.25, -0.2) is 4.79 Å². The second kappa shape index (κ2) is 5.08. The highest BCUT2D eigenvalue weighted by Gasteiger charge is 2.32. The van der Waals surface area contributed by atoms with Gasteiger partial charge < -0.3 is 9.84 Å². The van der Waals surface area contributed by atoms with E-state index in [0.29, 0.717) is 12.5 Å². The Bertz CT molecular complexity index is 448. The molecule has 0 aliphatic carbocycles. The first-order valence-corrected chi connectivity index (χ1v) is 6.96. The van der Waals surface area contributed by atoms with E-state index in [2.05, 4.69) is 25.8 Å². The Morgan fingerprint density at radius 2 is 2.11 bits per heavy atom. The molecular weight excluding hydrogens is 242 g/mol. The van der Waals surface area contributed by atoms with Gasteiger partial charge in [0, 0.05) is 0 Å². The summed E-state index contributed by atoms with van der Waals surface area (Å²) < 4.78 is 5.92. The van der Waals surface area contributed by atoms with Gasteiger partial charge in [-0.2, -0.15) is 0 Å². The van der Waals surface area contributed by atoms with Crippen LogP contribution in [0, 0.1) is 5.92 Å². The predicted octanol–water partition coefficient (Wildman–Crippen LogP) is 2.83. The zero-order valence-electron chi connectivity index (χ0n) is 12.2. The van der Waals surface area contributed by atoms with Crippen molar-refractivity contribution < 1.29 is 14.6 Å². The van der Waals surface area contributed by atoms with Crippen molar-refractivity contribution in [3.63, 3.8) is 0 Å². The molecule has 2 aliphatic rings. The summed E-state index contributed by atoms with van der Waals surface area (Å²) in [6, 6.07) is 0.0473. The Balaban J connectivity index is 2.40. The van der Waals surface area contributed by atoms with E-state index in [1.54, 1.807) is 0 Å². The first-order chi connectivity index (χ1) is 8.80. The Hall–Kier alpha value is -1.16. The van der Waals surface area contributed by atoms with Crippen molar-refractivity contribution in [2.45, 2.75) is 58.6 Å². The number of carboxylic acids is 1. The first kappa shape index (κ1) is 14.3. The maximum absolute atomic E-state index is 11.5. The summed E-state index contributed by atoms with van der Waals surface area (Å²) in [6.07, 6.45) is 2.46. The van der Waals surface area contributed by atoms with Crippen molar-refractivity contribution in [2.24, 2.45) is 10.9 Å². The van der Waals surface area contributed by atoms with Gasteiger partial charge in [0.15, 0.2) is 0 Å². The molecule has 2 rings (SSSR count). The average molecular weight is 265 g/mol. The van der Waals surface area contributed by atoms with Crippen molar-refractivity contribution in [1.82, 2.24) is 0 Å². The molecule has 0 aromatic heterocycles. The van der Waals surface area contributed by atoms with Crippen LogP contribution in [0.2, 0.25) is 0 Å². The molecule has 2 aliphatic heterocycles. The molecule has 0 radical (unpaired) electrons. The lowest BCUT2D eigenvalue weighted by atomic mass is 9.91. The van der Waals surface area contributed by atoms with Gasteiger partial charge in [-0.05, 0) is 57.1 Å². The molecule has 0 aromatic rings. The third kappa shape index (κ3) is 3.06. The molecule has 0 saturated carbocycles. The molecule has 4 nitrogen and oxygen atoms in total. The summed E-state index contributed by atoms with van der Waals surface area (Å²) in [6.45, 7) is 8.77. The molecule has 2 heterocycles. The molecule has 0 saturated heterocycles. The largest absolute Gasteiger partial charge is 0.477 e. The number of rotatable bonds is 1. The molecule has 1 N–H and O–H groups in total. The molecule has 106 valence electrons. The first-order valence-electron chi connectivity index (χ1n) is 6.96. The quantitative estimate of drug-likeness (QED) is 0.793. The SMILES string of the molecule is CC1N=C(C(=O)O)C2=C(COC(C)(C)CC2)C[C@H]1C. The van der Waals surface area contributed by atoms with Gasteiger partial charge in [0.05, 0.1) is 18.2 Å². The molecule has 0 aromatic carbocycles. The van der Waals surface area contributed by atoms with Crippen LogP contribution in [0.15, 0.2) is 16.1 Å². The van der Waals surface area contributed by atoms with Crippen molar-refractivity contribution >= 4 is 11.7 Å². The fourth-order valence-electron chi connectivity index (χ4n) is 2.66. The summed E-state index contributed by atoms with van der Waals surface area (Å²) in [5.41, 5.74) is 2.11. The number of aliphatic imine (C=N–C) groups is 1. The molecule has 0 bridgehead atoms. The second-order valence-corrected chi connectivity index (χ2v) is 6.34. The smallest absolute Gasteiger partial charge is 0.354 e. The van der Waals surface area contributed by atoms with E-state index in [1.807, 2.05) is 6.92 Å². The summed E-state index contributed by atoms with van der Waals surface area (Å²) in [5.74, 6) is -0.556.